The minimum Gasteiger partial charge on any atom is -0.507 e. The van der Waals surface area contributed by atoms with E-state index in [9.17, 15) is 5.11 Å². The number of benzene rings is 3. The standard InChI is InChI=1S/C28H32O/c1-20(2)17-21-18-24(27(3,4)22-13-9-7-10-14-22)19-25(26(21)29)28(5,6)23-15-11-8-12-16-23/h7-19,29H,1-6H3. The van der Waals surface area contributed by atoms with Gasteiger partial charge in [0.05, 0.1) is 0 Å². The summed E-state index contributed by atoms with van der Waals surface area (Å²) in [6.07, 6.45) is 2.07. The van der Waals surface area contributed by atoms with E-state index in [4.69, 9.17) is 0 Å². The highest BCUT2D eigenvalue weighted by atomic mass is 16.3. The minimum absolute atomic E-state index is 0.180. The lowest BCUT2D eigenvalue weighted by Crippen LogP contribution is -2.23. The molecular formula is C28H32O. The molecule has 1 nitrogen and oxygen atoms in total. The molecule has 0 fully saturated rings. The van der Waals surface area contributed by atoms with Gasteiger partial charge in [-0.1, -0.05) is 106 Å². The predicted molar refractivity (Wildman–Crippen MR) is 125 cm³/mol. The summed E-state index contributed by atoms with van der Waals surface area (Å²) >= 11 is 0. The summed E-state index contributed by atoms with van der Waals surface area (Å²) in [5.74, 6) is 0.368. The molecule has 0 atom stereocenters. The van der Waals surface area contributed by atoms with Crippen molar-refractivity contribution >= 4 is 6.08 Å². The van der Waals surface area contributed by atoms with Crippen molar-refractivity contribution < 1.29 is 5.11 Å². The fourth-order valence-electron chi connectivity index (χ4n) is 3.95. The van der Waals surface area contributed by atoms with E-state index in [0.29, 0.717) is 5.75 Å². The van der Waals surface area contributed by atoms with Crippen LogP contribution in [0.25, 0.3) is 6.08 Å². The summed E-state index contributed by atoms with van der Waals surface area (Å²) in [4.78, 5) is 0. The van der Waals surface area contributed by atoms with E-state index in [1.165, 1.54) is 22.3 Å². The number of phenols is 1. The average molecular weight is 385 g/mol. The van der Waals surface area contributed by atoms with Crippen molar-refractivity contribution in [2.75, 3.05) is 0 Å². The van der Waals surface area contributed by atoms with Crippen LogP contribution in [0.1, 0.15) is 69.4 Å². The molecule has 0 aliphatic rings. The van der Waals surface area contributed by atoms with E-state index < -0.39 is 0 Å². The van der Waals surface area contributed by atoms with Crippen LogP contribution in [0.2, 0.25) is 0 Å². The highest BCUT2D eigenvalue weighted by Crippen LogP contribution is 2.43. The molecule has 0 spiro atoms. The first-order valence-corrected chi connectivity index (χ1v) is 10.3. The lowest BCUT2D eigenvalue weighted by atomic mass is 9.72. The molecule has 1 N–H and O–H groups in total. The molecule has 0 bridgehead atoms. The summed E-state index contributed by atoms with van der Waals surface area (Å²) in [6, 6.07) is 25.3. The van der Waals surface area contributed by atoms with Gasteiger partial charge in [0, 0.05) is 22.0 Å². The molecule has 3 rings (SSSR count). The van der Waals surface area contributed by atoms with Crippen molar-refractivity contribution in [2.45, 2.75) is 52.4 Å². The third-order valence-electron chi connectivity index (χ3n) is 5.97. The lowest BCUT2D eigenvalue weighted by molar-refractivity contribution is 0.450. The van der Waals surface area contributed by atoms with E-state index in [-0.39, 0.29) is 10.8 Å². The average Bonchev–Trinajstić information content (AvgIpc) is 2.70. The van der Waals surface area contributed by atoms with Gasteiger partial charge in [-0.25, -0.2) is 0 Å². The first-order valence-electron chi connectivity index (χ1n) is 10.3. The van der Waals surface area contributed by atoms with Gasteiger partial charge in [-0.2, -0.15) is 0 Å². The first kappa shape index (κ1) is 20.9. The van der Waals surface area contributed by atoms with Crippen molar-refractivity contribution in [3.05, 3.63) is 106 Å². The fourth-order valence-corrected chi connectivity index (χ4v) is 3.95. The van der Waals surface area contributed by atoms with E-state index >= 15 is 0 Å². The molecule has 0 saturated carbocycles. The predicted octanol–water partition coefficient (Wildman–Crippen LogP) is 7.47. The van der Waals surface area contributed by atoms with E-state index in [0.717, 1.165) is 11.1 Å². The molecule has 0 saturated heterocycles. The Labute approximate surface area is 175 Å². The van der Waals surface area contributed by atoms with Gasteiger partial charge in [-0.05, 0) is 36.6 Å². The Morgan fingerprint density at radius 2 is 1.17 bits per heavy atom. The van der Waals surface area contributed by atoms with Crippen LogP contribution >= 0.6 is 0 Å². The SMILES string of the molecule is CC(C)=Cc1cc(C(C)(C)c2ccccc2)cc(C(C)(C)c2ccccc2)c1O. The number of hydrogen-bond acceptors (Lipinski definition) is 1. The van der Waals surface area contributed by atoms with Gasteiger partial charge >= 0.3 is 0 Å². The van der Waals surface area contributed by atoms with Crippen LogP contribution in [0, 0.1) is 0 Å². The molecule has 150 valence electrons. The van der Waals surface area contributed by atoms with Crippen molar-refractivity contribution in [3.63, 3.8) is 0 Å². The van der Waals surface area contributed by atoms with Gasteiger partial charge in [0.25, 0.3) is 0 Å². The second-order valence-electron chi connectivity index (χ2n) is 9.17. The summed E-state index contributed by atoms with van der Waals surface area (Å²) in [5.41, 5.74) is 6.15. The van der Waals surface area contributed by atoms with Gasteiger partial charge in [-0.3, -0.25) is 0 Å². The van der Waals surface area contributed by atoms with Crippen LogP contribution in [0.3, 0.4) is 0 Å². The quantitative estimate of drug-likeness (QED) is 0.484. The Kier molecular flexibility index (Phi) is 5.71. The molecule has 3 aromatic carbocycles. The van der Waals surface area contributed by atoms with Gasteiger partial charge in [-0.15, -0.1) is 0 Å². The third kappa shape index (κ3) is 4.15. The monoisotopic (exact) mass is 384 g/mol. The van der Waals surface area contributed by atoms with E-state index in [2.05, 4.69) is 114 Å². The van der Waals surface area contributed by atoms with E-state index in [1.54, 1.807) is 0 Å². The van der Waals surface area contributed by atoms with Crippen LogP contribution in [0.4, 0.5) is 0 Å². The largest absolute Gasteiger partial charge is 0.507 e. The Balaban J connectivity index is 2.27. The van der Waals surface area contributed by atoms with Crippen LogP contribution < -0.4 is 0 Å². The van der Waals surface area contributed by atoms with Crippen LogP contribution in [-0.2, 0) is 10.8 Å². The highest BCUT2D eigenvalue weighted by molar-refractivity contribution is 5.65. The van der Waals surface area contributed by atoms with Gasteiger partial charge in [0.1, 0.15) is 5.75 Å². The lowest BCUT2D eigenvalue weighted by Gasteiger charge is -2.32. The number of rotatable bonds is 5. The first-order chi connectivity index (χ1) is 13.6. The summed E-state index contributed by atoms with van der Waals surface area (Å²) in [5, 5.41) is 11.3. The van der Waals surface area contributed by atoms with Gasteiger partial charge in [0.2, 0.25) is 0 Å². The zero-order valence-electron chi connectivity index (χ0n) is 18.5. The summed E-state index contributed by atoms with van der Waals surface area (Å²) < 4.78 is 0. The number of allylic oxidation sites excluding steroid dienone is 1. The molecule has 1 heteroatoms. The Hall–Kier alpha value is -2.80. The zero-order chi connectivity index (χ0) is 21.2. The number of hydrogen-bond donors (Lipinski definition) is 1. The molecule has 0 amide bonds. The third-order valence-corrected chi connectivity index (χ3v) is 5.97. The molecule has 0 heterocycles. The van der Waals surface area contributed by atoms with Gasteiger partial charge < -0.3 is 5.11 Å². The molecule has 0 aliphatic heterocycles. The summed E-state index contributed by atoms with van der Waals surface area (Å²) in [6.45, 7) is 13.0. The maximum atomic E-state index is 11.3. The van der Waals surface area contributed by atoms with Crippen LogP contribution in [0.5, 0.6) is 5.75 Å². The Bertz CT molecular complexity index is 1000. The van der Waals surface area contributed by atoms with Crippen molar-refractivity contribution in [1.29, 1.82) is 0 Å². The maximum Gasteiger partial charge on any atom is 0.126 e. The Morgan fingerprint density at radius 1 is 0.690 bits per heavy atom. The normalized spacial score (nSPS) is 11.9. The smallest absolute Gasteiger partial charge is 0.126 e. The van der Waals surface area contributed by atoms with Crippen LogP contribution in [-0.4, -0.2) is 5.11 Å². The molecular weight excluding hydrogens is 352 g/mol. The fraction of sp³-hybridized carbons (Fsp3) is 0.286. The van der Waals surface area contributed by atoms with Crippen molar-refractivity contribution in [2.24, 2.45) is 0 Å². The Morgan fingerprint density at radius 3 is 1.66 bits per heavy atom. The van der Waals surface area contributed by atoms with E-state index in [1.807, 2.05) is 6.07 Å². The van der Waals surface area contributed by atoms with Crippen molar-refractivity contribution in [1.82, 2.24) is 0 Å². The summed E-state index contributed by atoms with van der Waals surface area (Å²) in [7, 11) is 0. The molecule has 0 aromatic heterocycles. The highest BCUT2D eigenvalue weighted by Gasteiger charge is 2.31. The second-order valence-corrected chi connectivity index (χ2v) is 9.17. The maximum absolute atomic E-state index is 11.3. The molecule has 3 aromatic rings. The number of aromatic hydroxyl groups is 1. The molecule has 0 aliphatic carbocycles. The minimum atomic E-state index is -0.321. The topological polar surface area (TPSA) is 20.2 Å². The zero-order valence-corrected chi connectivity index (χ0v) is 18.5. The second kappa shape index (κ2) is 7.91. The van der Waals surface area contributed by atoms with Crippen LogP contribution in [0.15, 0.2) is 78.4 Å². The van der Waals surface area contributed by atoms with Gasteiger partial charge in [0.15, 0.2) is 0 Å². The molecule has 0 radical (unpaired) electrons. The molecule has 29 heavy (non-hydrogen) atoms. The molecule has 0 unspecified atom stereocenters. The van der Waals surface area contributed by atoms with Crippen molar-refractivity contribution in [3.8, 4) is 5.75 Å². The number of phenolic OH excluding ortho intramolecular Hbond substituents is 1.